The summed E-state index contributed by atoms with van der Waals surface area (Å²) in [4.78, 5) is 0. The molecular weight excluding hydrogens is 196 g/mol. The summed E-state index contributed by atoms with van der Waals surface area (Å²) in [6.45, 7) is 13.7. The summed E-state index contributed by atoms with van der Waals surface area (Å²) in [6.07, 6.45) is 6.67. The van der Waals surface area contributed by atoms with Crippen molar-refractivity contribution in [3.8, 4) is 0 Å². The molecule has 0 radical (unpaired) electrons. The summed E-state index contributed by atoms with van der Waals surface area (Å²) >= 11 is 0. The van der Waals surface area contributed by atoms with Crippen molar-refractivity contribution in [2.75, 3.05) is 26.2 Å². The van der Waals surface area contributed by atoms with Gasteiger partial charge in [0.15, 0.2) is 0 Å². The Balaban J connectivity index is 3.35. The van der Waals surface area contributed by atoms with Crippen molar-refractivity contribution in [2.24, 2.45) is 5.41 Å². The van der Waals surface area contributed by atoms with Gasteiger partial charge in [-0.15, -0.1) is 0 Å². The molecule has 16 heavy (non-hydrogen) atoms. The van der Waals surface area contributed by atoms with Crippen LogP contribution in [0, 0.1) is 5.41 Å². The Morgan fingerprint density at radius 2 is 1.56 bits per heavy atom. The first kappa shape index (κ1) is 15.9. The van der Waals surface area contributed by atoms with Crippen LogP contribution in [0.5, 0.6) is 0 Å². The Morgan fingerprint density at radius 1 is 0.875 bits per heavy atom. The van der Waals surface area contributed by atoms with Gasteiger partial charge in [-0.05, 0) is 37.9 Å². The van der Waals surface area contributed by atoms with Gasteiger partial charge in [0.1, 0.15) is 0 Å². The van der Waals surface area contributed by atoms with E-state index < -0.39 is 0 Å². The fourth-order valence-electron chi connectivity index (χ4n) is 1.88. The molecule has 0 aliphatic carbocycles. The summed E-state index contributed by atoms with van der Waals surface area (Å²) in [5, 5.41) is 6.92. The zero-order valence-electron chi connectivity index (χ0n) is 11.9. The van der Waals surface area contributed by atoms with E-state index in [-0.39, 0.29) is 0 Å². The monoisotopic (exact) mass is 228 g/mol. The second kappa shape index (κ2) is 10.1. The summed E-state index contributed by atoms with van der Waals surface area (Å²) in [5.74, 6) is 0. The van der Waals surface area contributed by atoms with Gasteiger partial charge in [-0.3, -0.25) is 0 Å². The van der Waals surface area contributed by atoms with Crippen LogP contribution in [-0.4, -0.2) is 26.2 Å². The standard InChI is InChI=1S/C14H32N2/c1-5-7-8-10-14(3,4)13-16-12-9-11-15-6-2/h15-16H,5-13H2,1-4H3. The predicted molar refractivity (Wildman–Crippen MR) is 74.0 cm³/mol. The molecule has 0 amide bonds. The van der Waals surface area contributed by atoms with Crippen LogP contribution < -0.4 is 10.6 Å². The molecule has 0 atom stereocenters. The molecule has 2 heteroatoms. The first-order chi connectivity index (χ1) is 7.62. The van der Waals surface area contributed by atoms with E-state index in [1.807, 2.05) is 0 Å². The molecule has 0 aliphatic heterocycles. The van der Waals surface area contributed by atoms with E-state index in [0.717, 1.165) is 26.2 Å². The molecule has 0 aromatic carbocycles. The van der Waals surface area contributed by atoms with E-state index in [0.29, 0.717) is 5.41 Å². The Kier molecular flexibility index (Phi) is 10.0. The van der Waals surface area contributed by atoms with Crippen LogP contribution in [0.1, 0.15) is 59.8 Å². The molecular formula is C14H32N2. The minimum absolute atomic E-state index is 0.466. The highest BCUT2D eigenvalue weighted by atomic mass is 14.9. The molecule has 2 nitrogen and oxygen atoms in total. The van der Waals surface area contributed by atoms with Crippen LogP contribution in [0.15, 0.2) is 0 Å². The van der Waals surface area contributed by atoms with Crippen LogP contribution in [0.25, 0.3) is 0 Å². The summed E-state index contributed by atoms with van der Waals surface area (Å²) in [6, 6.07) is 0. The SMILES string of the molecule is CCCCCC(C)(C)CNCCCNCC. The van der Waals surface area contributed by atoms with Gasteiger partial charge < -0.3 is 10.6 Å². The predicted octanol–water partition coefficient (Wildman–Crippen LogP) is 3.18. The molecule has 0 aromatic rings. The van der Waals surface area contributed by atoms with Crippen molar-refractivity contribution in [3.63, 3.8) is 0 Å². The van der Waals surface area contributed by atoms with Gasteiger partial charge in [0.05, 0.1) is 0 Å². The molecule has 0 unspecified atom stereocenters. The number of hydrogen-bond acceptors (Lipinski definition) is 2. The van der Waals surface area contributed by atoms with Crippen LogP contribution >= 0.6 is 0 Å². The molecule has 0 aliphatic rings. The molecule has 0 rings (SSSR count). The highest BCUT2D eigenvalue weighted by molar-refractivity contribution is 4.71. The Morgan fingerprint density at radius 3 is 2.19 bits per heavy atom. The maximum atomic E-state index is 3.57. The van der Waals surface area contributed by atoms with Gasteiger partial charge in [-0.25, -0.2) is 0 Å². The molecule has 0 saturated carbocycles. The molecule has 0 fully saturated rings. The molecule has 0 saturated heterocycles. The Labute approximate surface area is 103 Å². The van der Waals surface area contributed by atoms with E-state index in [1.165, 1.54) is 32.1 Å². The van der Waals surface area contributed by atoms with Gasteiger partial charge in [0, 0.05) is 6.54 Å². The van der Waals surface area contributed by atoms with E-state index in [9.17, 15) is 0 Å². The van der Waals surface area contributed by atoms with Gasteiger partial charge in [0.25, 0.3) is 0 Å². The minimum Gasteiger partial charge on any atom is -0.317 e. The van der Waals surface area contributed by atoms with Crippen molar-refractivity contribution < 1.29 is 0 Å². The zero-order valence-corrected chi connectivity index (χ0v) is 11.9. The molecule has 0 heterocycles. The third kappa shape index (κ3) is 10.4. The Hall–Kier alpha value is -0.0800. The van der Waals surface area contributed by atoms with E-state index in [2.05, 4.69) is 38.3 Å². The van der Waals surface area contributed by atoms with Gasteiger partial charge in [0.2, 0.25) is 0 Å². The highest BCUT2D eigenvalue weighted by Crippen LogP contribution is 2.22. The molecule has 2 N–H and O–H groups in total. The largest absolute Gasteiger partial charge is 0.317 e. The second-order valence-corrected chi connectivity index (χ2v) is 5.51. The maximum Gasteiger partial charge on any atom is 0.000252 e. The van der Waals surface area contributed by atoms with Crippen molar-refractivity contribution in [1.29, 1.82) is 0 Å². The second-order valence-electron chi connectivity index (χ2n) is 5.51. The normalized spacial score (nSPS) is 12.0. The quantitative estimate of drug-likeness (QED) is 0.531. The number of hydrogen-bond donors (Lipinski definition) is 2. The lowest BCUT2D eigenvalue weighted by Gasteiger charge is -2.25. The van der Waals surface area contributed by atoms with Crippen LogP contribution in [0.3, 0.4) is 0 Å². The smallest absolute Gasteiger partial charge is 0.000252 e. The van der Waals surface area contributed by atoms with Crippen molar-refractivity contribution >= 4 is 0 Å². The van der Waals surface area contributed by atoms with E-state index in [4.69, 9.17) is 0 Å². The third-order valence-corrected chi connectivity index (χ3v) is 3.02. The maximum absolute atomic E-state index is 3.57. The molecule has 0 aromatic heterocycles. The van der Waals surface area contributed by atoms with Crippen LogP contribution in [-0.2, 0) is 0 Å². The van der Waals surface area contributed by atoms with Gasteiger partial charge in [-0.2, -0.15) is 0 Å². The van der Waals surface area contributed by atoms with Crippen LogP contribution in [0.2, 0.25) is 0 Å². The average molecular weight is 228 g/mol. The first-order valence-corrected chi connectivity index (χ1v) is 7.04. The Bertz CT molecular complexity index is 144. The summed E-state index contributed by atoms with van der Waals surface area (Å²) in [5.41, 5.74) is 0.466. The number of rotatable bonds is 11. The first-order valence-electron chi connectivity index (χ1n) is 7.04. The van der Waals surface area contributed by atoms with Crippen molar-refractivity contribution in [1.82, 2.24) is 10.6 Å². The lowest BCUT2D eigenvalue weighted by molar-refractivity contribution is 0.302. The fraction of sp³-hybridized carbons (Fsp3) is 1.00. The zero-order chi connectivity index (χ0) is 12.3. The number of unbranched alkanes of at least 4 members (excludes halogenated alkanes) is 2. The van der Waals surface area contributed by atoms with Gasteiger partial charge in [-0.1, -0.05) is 47.0 Å². The highest BCUT2D eigenvalue weighted by Gasteiger charge is 2.15. The van der Waals surface area contributed by atoms with Gasteiger partial charge >= 0.3 is 0 Å². The number of nitrogens with one attached hydrogen (secondary N) is 2. The fourth-order valence-corrected chi connectivity index (χ4v) is 1.88. The lowest BCUT2D eigenvalue weighted by Crippen LogP contribution is -2.31. The average Bonchev–Trinajstić information content (AvgIpc) is 2.23. The van der Waals surface area contributed by atoms with Crippen molar-refractivity contribution in [3.05, 3.63) is 0 Å². The third-order valence-electron chi connectivity index (χ3n) is 3.02. The molecule has 98 valence electrons. The summed E-state index contributed by atoms with van der Waals surface area (Å²) < 4.78 is 0. The van der Waals surface area contributed by atoms with E-state index in [1.54, 1.807) is 0 Å². The lowest BCUT2D eigenvalue weighted by atomic mass is 9.87. The topological polar surface area (TPSA) is 24.1 Å². The molecule has 0 spiro atoms. The van der Waals surface area contributed by atoms with Crippen LogP contribution in [0.4, 0.5) is 0 Å². The summed E-state index contributed by atoms with van der Waals surface area (Å²) in [7, 11) is 0. The molecule has 0 bridgehead atoms. The van der Waals surface area contributed by atoms with Crippen molar-refractivity contribution in [2.45, 2.75) is 59.8 Å². The van der Waals surface area contributed by atoms with E-state index >= 15 is 0 Å². The minimum atomic E-state index is 0.466.